The maximum absolute atomic E-state index is 9.96. The van der Waals surface area contributed by atoms with E-state index >= 15 is 0 Å². The molecular formula is C22H31BrO3Si. The highest BCUT2D eigenvalue weighted by molar-refractivity contribution is 9.10. The van der Waals surface area contributed by atoms with E-state index in [0.29, 0.717) is 13.2 Å². The van der Waals surface area contributed by atoms with Crippen LogP contribution in [0.4, 0.5) is 0 Å². The molecular weight excluding hydrogens is 420 g/mol. The van der Waals surface area contributed by atoms with Crippen molar-refractivity contribution < 1.29 is 14.3 Å². The molecule has 0 radical (unpaired) electrons. The number of rotatable bonds is 8. The maximum atomic E-state index is 9.96. The van der Waals surface area contributed by atoms with Gasteiger partial charge in [0.1, 0.15) is 6.10 Å². The molecule has 2 rings (SSSR count). The summed E-state index contributed by atoms with van der Waals surface area (Å²) in [6.07, 6.45) is -0.388. The van der Waals surface area contributed by atoms with Crippen LogP contribution in [0.1, 0.15) is 43.6 Å². The van der Waals surface area contributed by atoms with Gasteiger partial charge in [-0.15, -0.1) is 0 Å². The molecule has 0 spiro atoms. The summed E-state index contributed by atoms with van der Waals surface area (Å²) in [6, 6.07) is 16.0. The Morgan fingerprint density at radius 2 is 1.67 bits per heavy atom. The Kier molecular flexibility index (Phi) is 7.83. The highest BCUT2D eigenvalue weighted by Gasteiger charge is 2.37. The van der Waals surface area contributed by atoms with Crippen LogP contribution in [0.3, 0.4) is 0 Å². The molecule has 3 nitrogen and oxygen atoms in total. The van der Waals surface area contributed by atoms with Crippen molar-refractivity contribution in [3.63, 3.8) is 0 Å². The molecule has 5 heteroatoms. The molecule has 1 atom stereocenters. The van der Waals surface area contributed by atoms with E-state index in [1.165, 1.54) is 0 Å². The lowest BCUT2D eigenvalue weighted by molar-refractivity contribution is 0.0000533. The van der Waals surface area contributed by atoms with Crippen LogP contribution >= 0.6 is 15.9 Å². The van der Waals surface area contributed by atoms with Crippen LogP contribution in [0.15, 0.2) is 53.0 Å². The van der Waals surface area contributed by atoms with Crippen molar-refractivity contribution in [3.05, 3.63) is 69.7 Å². The monoisotopic (exact) mass is 450 g/mol. The van der Waals surface area contributed by atoms with Crippen LogP contribution in [0.5, 0.6) is 0 Å². The standard InChI is InChI=1S/C22H31BrO3Si/c1-22(2,3)27(4,5)26-16-19-18(12-9-13-20(19)23)21(14-24)25-15-17-10-7-6-8-11-17/h6-13,21,24H,14-16H2,1-5H3/t21-/m1/s1. The van der Waals surface area contributed by atoms with Gasteiger partial charge in [0, 0.05) is 4.47 Å². The smallest absolute Gasteiger partial charge is 0.192 e. The van der Waals surface area contributed by atoms with E-state index in [9.17, 15) is 5.11 Å². The average molecular weight is 451 g/mol. The number of ether oxygens (including phenoxy) is 1. The fraction of sp³-hybridized carbons (Fsp3) is 0.455. The number of halogens is 1. The number of aliphatic hydroxyl groups is 1. The molecule has 2 aromatic rings. The maximum Gasteiger partial charge on any atom is 0.192 e. The molecule has 0 aliphatic rings. The minimum atomic E-state index is -1.87. The highest BCUT2D eigenvalue weighted by atomic mass is 79.9. The molecule has 0 unspecified atom stereocenters. The first kappa shape index (κ1) is 22.3. The third-order valence-electron chi connectivity index (χ3n) is 5.35. The predicted octanol–water partition coefficient (Wildman–Crippen LogP) is 6.22. The van der Waals surface area contributed by atoms with E-state index in [1.807, 2.05) is 48.5 Å². The summed E-state index contributed by atoms with van der Waals surface area (Å²) in [7, 11) is -1.87. The first-order valence-corrected chi connectivity index (χ1v) is 13.0. The minimum absolute atomic E-state index is 0.0730. The van der Waals surface area contributed by atoms with Crippen molar-refractivity contribution in [2.24, 2.45) is 0 Å². The van der Waals surface area contributed by atoms with E-state index < -0.39 is 8.32 Å². The van der Waals surface area contributed by atoms with Gasteiger partial charge in [0.2, 0.25) is 0 Å². The molecule has 0 amide bonds. The summed E-state index contributed by atoms with van der Waals surface area (Å²) in [5, 5.41) is 10.1. The van der Waals surface area contributed by atoms with Crippen LogP contribution in [-0.4, -0.2) is 20.0 Å². The molecule has 148 valence electrons. The van der Waals surface area contributed by atoms with E-state index in [4.69, 9.17) is 9.16 Å². The first-order valence-electron chi connectivity index (χ1n) is 9.33. The van der Waals surface area contributed by atoms with Crippen LogP contribution in [0, 0.1) is 0 Å². The average Bonchev–Trinajstić information content (AvgIpc) is 2.61. The molecule has 1 N–H and O–H groups in total. The lowest BCUT2D eigenvalue weighted by Crippen LogP contribution is -2.40. The second kappa shape index (κ2) is 9.48. The molecule has 2 aromatic carbocycles. The normalized spacial score (nSPS) is 13.6. The number of hydrogen-bond donors (Lipinski definition) is 1. The molecule has 0 saturated heterocycles. The van der Waals surface area contributed by atoms with Gasteiger partial charge in [-0.2, -0.15) is 0 Å². The topological polar surface area (TPSA) is 38.7 Å². The van der Waals surface area contributed by atoms with Gasteiger partial charge in [0.25, 0.3) is 0 Å². The Labute approximate surface area is 173 Å². The Morgan fingerprint density at radius 1 is 1.00 bits per heavy atom. The summed E-state index contributed by atoms with van der Waals surface area (Å²) in [4.78, 5) is 0. The van der Waals surface area contributed by atoms with E-state index in [-0.39, 0.29) is 17.7 Å². The molecule has 0 fully saturated rings. The van der Waals surface area contributed by atoms with Gasteiger partial charge in [-0.05, 0) is 40.9 Å². The van der Waals surface area contributed by atoms with E-state index in [1.54, 1.807) is 0 Å². The largest absolute Gasteiger partial charge is 0.413 e. The molecule has 0 heterocycles. The summed E-state index contributed by atoms with van der Waals surface area (Å²) in [5.41, 5.74) is 3.11. The molecule has 0 saturated carbocycles. The lowest BCUT2D eigenvalue weighted by atomic mass is 10.0. The van der Waals surface area contributed by atoms with Gasteiger partial charge in [-0.3, -0.25) is 0 Å². The van der Waals surface area contributed by atoms with Gasteiger partial charge in [0.15, 0.2) is 8.32 Å². The molecule has 0 aromatic heterocycles. The van der Waals surface area contributed by atoms with E-state index in [0.717, 1.165) is 21.2 Å². The van der Waals surface area contributed by atoms with Gasteiger partial charge in [-0.1, -0.05) is 79.2 Å². The minimum Gasteiger partial charge on any atom is -0.413 e. The zero-order chi connectivity index (χ0) is 20.1. The molecule has 27 heavy (non-hydrogen) atoms. The van der Waals surface area contributed by atoms with Gasteiger partial charge < -0.3 is 14.3 Å². The summed E-state index contributed by atoms with van der Waals surface area (Å²) in [6.45, 7) is 12.1. The van der Waals surface area contributed by atoms with Crippen molar-refractivity contribution >= 4 is 24.2 Å². The molecule has 0 bridgehead atoms. The fourth-order valence-electron chi connectivity index (χ4n) is 2.51. The lowest BCUT2D eigenvalue weighted by Gasteiger charge is -2.36. The Balaban J connectivity index is 2.19. The summed E-state index contributed by atoms with van der Waals surface area (Å²) < 4.78 is 13.5. The zero-order valence-electron chi connectivity index (χ0n) is 17.0. The predicted molar refractivity (Wildman–Crippen MR) is 117 cm³/mol. The number of benzene rings is 2. The van der Waals surface area contributed by atoms with Crippen molar-refractivity contribution in [2.45, 2.75) is 58.2 Å². The van der Waals surface area contributed by atoms with Crippen molar-refractivity contribution in [2.75, 3.05) is 6.61 Å². The SMILES string of the molecule is CC(C)(C)[Si](C)(C)OCc1c(Br)cccc1[C@@H](CO)OCc1ccccc1. The zero-order valence-corrected chi connectivity index (χ0v) is 19.5. The Morgan fingerprint density at radius 3 is 2.26 bits per heavy atom. The van der Waals surface area contributed by atoms with Crippen LogP contribution in [-0.2, 0) is 22.4 Å². The number of hydrogen-bond acceptors (Lipinski definition) is 3. The quantitative estimate of drug-likeness (QED) is 0.484. The third kappa shape index (κ3) is 6.00. The van der Waals surface area contributed by atoms with Crippen molar-refractivity contribution in [1.29, 1.82) is 0 Å². The second-order valence-electron chi connectivity index (χ2n) is 8.32. The number of aliphatic hydroxyl groups excluding tert-OH is 1. The van der Waals surface area contributed by atoms with Crippen LogP contribution < -0.4 is 0 Å². The summed E-state index contributed by atoms with van der Waals surface area (Å²) >= 11 is 3.66. The molecule has 0 aliphatic heterocycles. The first-order chi connectivity index (χ1) is 12.7. The van der Waals surface area contributed by atoms with Gasteiger partial charge in [0.05, 0.1) is 19.8 Å². The fourth-order valence-corrected chi connectivity index (χ4v) is 3.94. The van der Waals surface area contributed by atoms with Gasteiger partial charge >= 0.3 is 0 Å². The summed E-state index contributed by atoms with van der Waals surface area (Å²) in [5.74, 6) is 0. The molecule has 0 aliphatic carbocycles. The van der Waals surface area contributed by atoms with Crippen LogP contribution in [0.25, 0.3) is 0 Å². The van der Waals surface area contributed by atoms with E-state index in [2.05, 4.69) is 49.8 Å². The second-order valence-corrected chi connectivity index (χ2v) is 14.0. The Hall–Kier alpha value is -0.983. The van der Waals surface area contributed by atoms with Crippen molar-refractivity contribution in [3.8, 4) is 0 Å². The Bertz CT molecular complexity index is 726. The third-order valence-corrected chi connectivity index (χ3v) is 10.6. The van der Waals surface area contributed by atoms with Crippen LogP contribution in [0.2, 0.25) is 18.1 Å². The van der Waals surface area contributed by atoms with Crippen molar-refractivity contribution in [1.82, 2.24) is 0 Å². The highest BCUT2D eigenvalue weighted by Crippen LogP contribution is 2.38. The van der Waals surface area contributed by atoms with Gasteiger partial charge in [-0.25, -0.2) is 0 Å².